The van der Waals surface area contributed by atoms with Gasteiger partial charge < -0.3 is 91.1 Å². The Bertz CT molecular complexity index is 2370. The van der Waals surface area contributed by atoms with Crippen molar-refractivity contribution >= 4 is 83.7 Å². The number of aromatic hydroxyl groups is 1. The fourth-order valence-corrected chi connectivity index (χ4v) is 7.36. The topological polar surface area (TPSA) is 502 Å². The standard InChI is InChI=1S/C47H74N16O14S/c1-24(2)38(45(75)55-21-36(66)59-34(22-78)46(76)77)63-42(72)30(8-6-16-53-47(50)51)61-41(71)31(13-14-37(67)68)60-39(69)25(3)57-43(73)32(17-26-9-11-28(64)12-10-26)62-44(74)33(18-27-19-52-23-56-27)58-35(65)20-54-40(70)29(49)7-4-5-15-48/h9-12,19,23-25,29-34,38,64,78H,4-8,13-18,20-22,48-49H2,1-3H3,(H,52,56)(H,54,70)(H,55,75)(H,57,73)(H,58,65)(H,59,66)(H,60,69)(H,61,71)(H,62,74)(H,63,72)(H,67,68)(H,76,77)(H4,50,51,53)/t25-,29-,30-,31-,32-,33-,34-,38-/m0/s1. The van der Waals surface area contributed by atoms with Crippen LogP contribution < -0.4 is 70.8 Å². The largest absolute Gasteiger partial charge is 0.508 e. The normalized spacial score (nSPS) is 14.0. The van der Waals surface area contributed by atoms with Gasteiger partial charge in [0.2, 0.25) is 53.2 Å². The molecule has 9 amide bonds. The van der Waals surface area contributed by atoms with Crippen molar-refractivity contribution in [2.75, 3.05) is 31.9 Å². The number of aromatic nitrogens is 2. The molecule has 21 N–H and O–H groups in total. The maximum Gasteiger partial charge on any atom is 0.327 e. The quantitative estimate of drug-likeness (QED) is 0.0131. The molecular weight excluding hydrogens is 1040 g/mol. The molecule has 1 heterocycles. The highest BCUT2D eigenvalue weighted by Crippen LogP contribution is 2.13. The van der Waals surface area contributed by atoms with Gasteiger partial charge in [-0.3, -0.25) is 52.9 Å². The molecule has 1 aromatic carbocycles. The lowest BCUT2D eigenvalue weighted by Crippen LogP contribution is -2.60. The fraction of sp³-hybridized carbons (Fsp3) is 0.553. The van der Waals surface area contributed by atoms with Crippen molar-refractivity contribution in [2.24, 2.45) is 33.8 Å². The first kappa shape index (κ1) is 66.1. The molecule has 0 saturated heterocycles. The Morgan fingerprint density at radius 3 is 1.77 bits per heavy atom. The number of aliphatic imine (C=N–C) groups is 1. The van der Waals surface area contributed by atoms with Crippen molar-refractivity contribution in [3.63, 3.8) is 0 Å². The molecule has 8 atom stereocenters. The predicted molar refractivity (Wildman–Crippen MR) is 283 cm³/mol. The van der Waals surface area contributed by atoms with Crippen LogP contribution in [0.2, 0.25) is 0 Å². The van der Waals surface area contributed by atoms with Crippen LogP contribution in [0.5, 0.6) is 5.75 Å². The summed E-state index contributed by atoms with van der Waals surface area (Å²) < 4.78 is 0. The Hall–Kier alpha value is -8.06. The summed E-state index contributed by atoms with van der Waals surface area (Å²) in [5.74, 6) is -11.9. The average Bonchev–Trinajstić information content (AvgIpc) is 3.90. The number of carboxylic acid groups (broad SMARTS) is 2. The van der Waals surface area contributed by atoms with Crippen LogP contribution in [0.15, 0.2) is 41.8 Å². The number of aliphatic carboxylic acids is 2. The van der Waals surface area contributed by atoms with Gasteiger partial charge in [-0.25, -0.2) is 9.78 Å². The Morgan fingerprint density at radius 1 is 0.654 bits per heavy atom. The Labute approximate surface area is 454 Å². The second kappa shape index (κ2) is 34.6. The predicted octanol–water partition coefficient (Wildman–Crippen LogP) is -5.41. The number of nitrogens with zero attached hydrogens (tertiary/aromatic N) is 2. The van der Waals surface area contributed by atoms with E-state index in [4.69, 9.17) is 22.9 Å². The molecule has 0 aliphatic carbocycles. The van der Waals surface area contributed by atoms with Crippen LogP contribution in [0.3, 0.4) is 0 Å². The van der Waals surface area contributed by atoms with Crippen molar-refractivity contribution in [3.05, 3.63) is 48.0 Å². The van der Waals surface area contributed by atoms with Gasteiger partial charge in [-0.1, -0.05) is 32.4 Å². The zero-order valence-electron chi connectivity index (χ0n) is 43.5. The number of hydrogen-bond donors (Lipinski definition) is 18. The number of carbonyl (C=O) groups excluding carboxylic acids is 9. The summed E-state index contributed by atoms with van der Waals surface area (Å²) in [4.78, 5) is 155. The average molecular weight is 1120 g/mol. The van der Waals surface area contributed by atoms with Crippen LogP contribution in [0.1, 0.15) is 77.0 Å². The lowest BCUT2D eigenvalue weighted by atomic mass is 10.0. The third-order valence-corrected chi connectivity index (χ3v) is 11.8. The number of aromatic amines is 1. The van der Waals surface area contributed by atoms with Crippen LogP contribution in [-0.4, -0.2) is 177 Å². The van der Waals surface area contributed by atoms with Crippen LogP contribution in [0.25, 0.3) is 0 Å². The van der Waals surface area contributed by atoms with Crippen LogP contribution in [0, 0.1) is 5.92 Å². The summed E-state index contributed by atoms with van der Waals surface area (Å²) in [6.07, 6.45) is 2.58. The van der Waals surface area contributed by atoms with Crippen LogP contribution in [0.4, 0.5) is 0 Å². The van der Waals surface area contributed by atoms with E-state index >= 15 is 0 Å². The second-order valence-corrected chi connectivity index (χ2v) is 18.6. The van der Waals surface area contributed by atoms with E-state index in [0.717, 1.165) is 0 Å². The van der Waals surface area contributed by atoms with Crippen molar-refractivity contribution in [1.82, 2.24) is 57.8 Å². The van der Waals surface area contributed by atoms with E-state index in [1.54, 1.807) is 13.8 Å². The third-order valence-electron chi connectivity index (χ3n) is 11.5. The van der Waals surface area contributed by atoms with Crippen molar-refractivity contribution in [2.45, 2.75) is 127 Å². The molecule has 0 unspecified atom stereocenters. The van der Waals surface area contributed by atoms with Crippen molar-refractivity contribution in [3.8, 4) is 5.75 Å². The van der Waals surface area contributed by atoms with Crippen LogP contribution >= 0.6 is 12.6 Å². The van der Waals surface area contributed by atoms with Gasteiger partial charge in [0.05, 0.1) is 25.5 Å². The Morgan fingerprint density at radius 2 is 1.21 bits per heavy atom. The van der Waals surface area contributed by atoms with E-state index in [9.17, 15) is 68.1 Å². The summed E-state index contributed by atoms with van der Waals surface area (Å²) in [6, 6.07) is -5.48. The van der Waals surface area contributed by atoms with Crippen molar-refractivity contribution in [1.29, 1.82) is 0 Å². The number of nitrogens with one attached hydrogen (secondary N) is 10. The monoisotopic (exact) mass is 1120 g/mol. The van der Waals surface area contributed by atoms with Gasteiger partial charge in [0, 0.05) is 43.5 Å². The third kappa shape index (κ3) is 25.2. The maximum atomic E-state index is 14.1. The van der Waals surface area contributed by atoms with Gasteiger partial charge in [-0.15, -0.1) is 0 Å². The molecule has 2 rings (SSSR count). The van der Waals surface area contributed by atoms with Gasteiger partial charge in [0.1, 0.15) is 48.0 Å². The molecule has 0 radical (unpaired) electrons. The number of carboxylic acids is 2. The summed E-state index contributed by atoms with van der Waals surface area (Å²) in [5, 5.41) is 50.6. The summed E-state index contributed by atoms with van der Waals surface area (Å²) in [5.41, 5.74) is 23.2. The van der Waals surface area contributed by atoms with Crippen molar-refractivity contribution < 1.29 is 68.1 Å². The number of unbranched alkanes of at least 4 members (excludes halogenated alkanes) is 1. The molecule has 30 nitrogen and oxygen atoms in total. The molecule has 0 spiro atoms. The number of nitrogens with two attached hydrogens (primary N) is 4. The molecule has 31 heteroatoms. The van der Waals surface area contributed by atoms with E-state index in [1.165, 1.54) is 43.7 Å². The molecule has 0 fully saturated rings. The molecule has 1 aromatic heterocycles. The lowest BCUT2D eigenvalue weighted by Gasteiger charge is -2.27. The summed E-state index contributed by atoms with van der Waals surface area (Å²) in [6.45, 7) is 3.51. The molecule has 2 aromatic rings. The van der Waals surface area contributed by atoms with E-state index in [1.807, 2.05) is 0 Å². The first-order valence-electron chi connectivity index (χ1n) is 24.8. The molecule has 78 heavy (non-hydrogen) atoms. The zero-order chi connectivity index (χ0) is 58.5. The van der Waals surface area contributed by atoms with E-state index in [0.29, 0.717) is 37.1 Å². The second-order valence-electron chi connectivity index (χ2n) is 18.3. The number of benzene rings is 1. The van der Waals surface area contributed by atoms with Gasteiger partial charge in [-0.05, 0) is 69.2 Å². The first-order valence-corrected chi connectivity index (χ1v) is 25.5. The number of phenols is 1. The molecule has 0 saturated carbocycles. The lowest BCUT2D eigenvalue weighted by molar-refractivity contribution is -0.141. The summed E-state index contributed by atoms with van der Waals surface area (Å²) >= 11 is 3.88. The Kier molecular flexibility index (Phi) is 29.3. The minimum absolute atomic E-state index is 0.0231. The highest BCUT2D eigenvalue weighted by Gasteiger charge is 2.34. The van der Waals surface area contributed by atoms with E-state index in [2.05, 4.69) is 75.4 Å². The summed E-state index contributed by atoms with van der Waals surface area (Å²) in [7, 11) is 0. The first-order chi connectivity index (χ1) is 36.8. The minimum Gasteiger partial charge on any atom is -0.508 e. The number of hydrogen-bond acceptors (Lipinski definition) is 17. The highest BCUT2D eigenvalue weighted by atomic mass is 32.1. The highest BCUT2D eigenvalue weighted by molar-refractivity contribution is 7.80. The number of guanidine groups is 1. The number of carbonyl (C=O) groups is 11. The molecule has 0 aliphatic rings. The van der Waals surface area contributed by atoms with Gasteiger partial charge in [0.15, 0.2) is 5.96 Å². The molecular formula is C47H74N16O14S. The number of imidazole rings is 1. The minimum atomic E-state index is -1.66. The smallest absolute Gasteiger partial charge is 0.327 e. The zero-order valence-corrected chi connectivity index (χ0v) is 44.4. The molecule has 0 aliphatic heterocycles. The molecule has 0 bridgehead atoms. The number of rotatable bonds is 36. The molecule has 432 valence electrons. The fourth-order valence-electron chi connectivity index (χ4n) is 7.11. The van der Waals surface area contributed by atoms with Gasteiger partial charge >= 0.3 is 11.9 Å². The SMILES string of the molecule is CC(C)[C@H](NC(=O)[C@H](CCCN=C(N)N)NC(=O)[C@H](CCC(=O)O)NC(=O)[C@H](C)NC(=O)[C@H](Cc1ccc(O)cc1)NC(=O)[C@H](Cc1cnc[nH]1)NC(=O)CNC(=O)[C@@H](N)CCCCN)C(=O)NCC(=O)N[C@@H](CS)C(=O)O. The number of amides is 9. The maximum absolute atomic E-state index is 14.1. The van der Waals surface area contributed by atoms with Crippen LogP contribution in [-0.2, 0) is 65.6 Å². The van der Waals surface area contributed by atoms with E-state index in [-0.39, 0.29) is 49.7 Å². The number of thiol groups is 1. The van der Waals surface area contributed by atoms with Gasteiger partial charge in [0.25, 0.3) is 0 Å². The number of phenolic OH excluding ortho intramolecular Hbond substituents is 1. The van der Waals surface area contributed by atoms with Gasteiger partial charge in [-0.2, -0.15) is 12.6 Å². The number of H-pyrrole nitrogens is 1. The Balaban J connectivity index is 2.36. The van der Waals surface area contributed by atoms with E-state index < -0.39 is 145 Å².